The summed E-state index contributed by atoms with van der Waals surface area (Å²) >= 11 is 0. The molecule has 0 saturated carbocycles. The third kappa shape index (κ3) is 37.3. The van der Waals surface area contributed by atoms with Gasteiger partial charge in [0.05, 0.1) is 18.4 Å². The second-order valence-electron chi connectivity index (χ2n) is 14.0. The van der Waals surface area contributed by atoms with Crippen molar-refractivity contribution in [3.63, 3.8) is 0 Å². The number of nitrogens with two attached hydrogens (primary N) is 3. The fourth-order valence-electron chi connectivity index (χ4n) is 4.87. The molecule has 1 aromatic carbocycles. The van der Waals surface area contributed by atoms with Gasteiger partial charge < -0.3 is 27.8 Å². The monoisotopic (exact) mass is 806 g/mol. The maximum Gasteiger partial charge on any atom is 0.224 e. The molecule has 3 aromatic rings. The summed E-state index contributed by atoms with van der Waals surface area (Å²) in [5.74, 6) is 2.63. The van der Waals surface area contributed by atoms with Crippen molar-refractivity contribution in [3.05, 3.63) is 86.4 Å². The molecule has 9 nitrogen and oxygen atoms in total. The molecule has 0 aliphatic rings. The Labute approximate surface area is 358 Å². The molecule has 3 rings (SSSR count). The summed E-state index contributed by atoms with van der Waals surface area (Å²) < 4.78 is 0. The second-order valence-corrected chi connectivity index (χ2v) is 14.0. The third-order valence-corrected chi connectivity index (χ3v) is 8.52. The summed E-state index contributed by atoms with van der Waals surface area (Å²) in [6, 6.07) is 7.92. The molecular weight excluding hydrogens is 715 g/mol. The molecule has 0 amide bonds. The number of nitrogens with zero attached hydrogens (tertiary/aromatic N) is 4. The fourth-order valence-corrected chi connectivity index (χ4v) is 4.87. The molecule has 2 heterocycles. The Morgan fingerprint density at radius 1 is 0.707 bits per heavy atom. The van der Waals surface area contributed by atoms with E-state index in [2.05, 4.69) is 110 Å². The number of hydrogen-bond acceptors (Lipinski definition) is 9. The first kappa shape index (κ1) is 60.4. The van der Waals surface area contributed by atoms with E-state index in [-0.39, 0.29) is 11.8 Å². The van der Waals surface area contributed by atoms with Crippen molar-refractivity contribution in [1.82, 2.24) is 25.3 Å². The summed E-state index contributed by atoms with van der Waals surface area (Å²) in [5, 5.41) is 6.46. The topological polar surface area (TPSA) is 154 Å². The molecule has 58 heavy (non-hydrogen) atoms. The van der Waals surface area contributed by atoms with Crippen molar-refractivity contribution in [2.45, 2.75) is 159 Å². The van der Waals surface area contributed by atoms with Crippen LogP contribution in [0.25, 0.3) is 17.2 Å². The van der Waals surface area contributed by atoms with Crippen LogP contribution in [-0.4, -0.2) is 33.5 Å². The molecule has 0 aliphatic heterocycles. The van der Waals surface area contributed by atoms with Gasteiger partial charge in [0.1, 0.15) is 0 Å². The van der Waals surface area contributed by atoms with Gasteiger partial charge in [0.2, 0.25) is 5.95 Å². The Balaban J connectivity index is -0.000000357. The van der Waals surface area contributed by atoms with Crippen LogP contribution in [0.2, 0.25) is 0 Å². The molecular formula is C49H91N9. The molecule has 0 saturated heterocycles. The minimum absolute atomic E-state index is 0.0903. The quantitative estimate of drug-likeness (QED) is 0.0523. The zero-order valence-electron chi connectivity index (χ0n) is 39.4. The fraction of sp³-hybridized carbons (Fsp3) is 0.592. The van der Waals surface area contributed by atoms with Crippen molar-refractivity contribution in [2.75, 3.05) is 30.4 Å². The van der Waals surface area contributed by atoms with E-state index in [0.29, 0.717) is 29.5 Å². The molecule has 0 radical (unpaired) electrons. The lowest BCUT2D eigenvalue weighted by molar-refractivity contribution is 0.525. The summed E-state index contributed by atoms with van der Waals surface area (Å²) in [6.07, 6.45) is 26.7. The molecule has 2 atom stereocenters. The number of fused-ring (bicyclic) bond motifs is 1. The van der Waals surface area contributed by atoms with E-state index in [1.165, 1.54) is 96.2 Å². The molecule has 2 aromatic heterocycles. The van der Waals surface area contributed by atoms with Crippen molar-refractivity contribution < 1.29 is 0 Å². The number of benzene rings is 1. The lowest BCUT2D eigenvalue weighted by Gasteiger charge is -2.07. The highest BCUT2D eigenvalue weighted by molar-refractivity contribution is 5.81. The normalized spacial score (nSPS) is 10.6. The molecule has 332 valence electrons. The van der Waals surface area contributed by atoms with Gasteiger partial charge in [0, 0.05) is 5.69 Å². The predicted molar refractivity (Wildman–Crippen MR) is 264 cm³/mol. The van der Waals surface area contributed by atoms with Crippen molar-refractivity contribution in [2.24, 2.45) is 23.5 Å². The number of hydrogen-bond donors (Lipinski definition) is 5. The van der Waals surface area contributed by atoms with Gasteiger partial charge >= 0.3 is 0 Å². The highest BCUT2D eigenvalue weighted by Gasteiger charge is 2.07. The Morgan fingerprint density at radius 3 is 1.64 bits per heavy atom. The van der Waals surface area contributed by atoms with Crippen LogP contribution in [0.15, 0.2) is 75.1 Å². The van der Waals surface area contributed by atoms with Crippen LogP contribution in [0.4, 0.5) is 17.5 Å². The van der Waals surface area contributed by atoms with E-state index in [0.717, 1.165) is 22.9 Å². The van der Waals surface area contributed by atoms with Crippen LogP contribution in [0.1, 0.15) is 164 Å². The number of nitrogen functional groups attached to an aromatic ring is 2. The summed E-state index contributed by atoms with van der Waals surface area (Å²) in [7, 11) is 2.03. The van der Waals surface area contributed by atoms with Crippen LogP contribution >= 0.6 is 0 Å². The molecule has 0 fully saturated rings. The first-order valence-corrected chi connectivity index (χ1v) is 22.2. The third-order valence-electron chi connectivity index (χ3n) is 8.52. The number of anilines is 3. The van der Waals surface area contributed by atoms with Crippen molar-refractivity contribution >= 4 is 34.7 Å². The molecule has 0 aliphatic carbocycles. The standard InChI is InChI=1S/C16H33N.C15H15N7.C6H14.C6H12.C2H5N.2C2H6/c1-4-16(2)14-12-10-8-6-5-7-9-11-13-15-17-3;1-2-9-3-5-10(6-4-9)18-7-11-8-19-14-12(20-11)13(16)21-15(17)22-14;1-4-5-6(2)3;1-4-6(3)5-2;1-2-3;2*1-2/h4,16-17H,1,5-15H2,2-3H3;2-6,8,18H,1,7H2,(H4,16,17,19,21,22);6H,4-5H2,1-3H3;4,6H,1,5H2,2-3H3;2H,1,3H2;2*1-2H3. The maximum atomic E-state index is 5.80. The smallest absolute Gasteiger partial charge is 0.224 e. The minimum Gasteiger partial charge on any atom is -0.405 e. The van der Waals surface area contributed by atoms with Crippen LogP contribution in [-0.2, 0) is 6.54 Å². The first-order valence-electron chi connectivity index (χ1n) is 22.2. The van der Waals surface area contributed by atoms with E-state index in [4.69, 9.17) is 11.5 Å². The van der Waals surface area contributed by atoms with Gasteiger partial charge in [-0.05, 0) is 68.1 Å². The molecule has 8 N–H and O–H groups in total. The Morgan fingerprint density at radius 2 is 1.22 bits per heavy atom. The van der Waals surface area contributed by atoms with E-state index < -0.39 is 0 Å². The van der Waals surface area contributed by atoms with E-state index >= 15 is 0 Å². The number of rotatable bonds is 21. The molecule has 0 spiro atoms. The Bertz CT molecular complexity index is 1360. The molecule has 0 bridgehead atoms. The molecule has 9 heteroatoms. The van der Waals surface area contributed by atoms with Gasteiger partial charge in [-0.3, -0.25) is 0 Å². The average molecular weight is 806 g/mol. The van der Waals surface area contributed by atoms with Gasteiger partial charge in [-0.25, -0.2) is 9.97 Å². The van der Waals surface area contributed by atoms with Crippen LogP contribution in [0.3, 0.4) is 0 Å². The highest BCUT2D eigenvalue weighted by Crippen LogP contribution is 2.17. The predicted octanol–water partition coefficient (Wildman–Crippen LogP) is 13.6. The highest BCUT2D eigenvalue weighted by atomic mass is 15.1. The van der Waals surface area contributed by atoms with Crippen LogP contribution in [0, 0.1) is 17.8 Å². The second kappa shape index (κ2) is 45.5. The van der Waals surface area contributed by atoms with E-state index in [1.54, 1.807) is 12.3 Å². The van der Waals surface area contributed by atoms with Gasteiger partial charge in [-0.1, -0.05) is 183 Å². The number of unbranched alkanes of at least 4 members (excludes halogenated alkanes) is 8. The van der Waals surface area contributed by atoms with Crippen molar-refractivity contribution in [1.29, 1.82) is 0 Å². The molecule has 2 unspecified atom stereocenters. The van der Waals surface area contributed by atoms with E-state index in [1.807, 2.05) is 65.1 Å². The zero-order chi connectivity index (χ0) is 45.0. The average Bonchev–Trinajstić information content (AvgIpc) is 3.24. The summed E-state index contributed by atoms with van der Waals surface area (Å²) in [4.78, 5) is 16.5. The summed E-state index contributed by atoms with van der Waals surface area (Å²) in [6.45, 7) is 37.3. The van der Waals surface area contributed by atoms with Gasteiger partial charge in [-0.2, -0.15) is 9.97 Å². The number of allylic oxidation sites excluding steroid dienone is 2. The van der Waals surface area contributed by atoms with E-state index in [9.17, 15) is 0 Å². The first-order chi connectivity index (χ1) is 28.0. The van der Waals surface area contributed by atoms with Crippen LogP contribution in [0.5, 0.6) is 0 Å². The van der Waals surface area contributed by atoms with Gasteiger partial charge in [0.25, 0.3) is 0 Å². The van der Waals surface area contributed by atoms with Gasteiger partial charge in [-0.15, -0.1) is 13.2 Å². The SMILES string of the molecule is C=CC(C)CC.C=CC(C)CCCCCCCCCCCNC.C=CN.C=Cc1ccc(NCc2cnc3nc(N)nc(N)c3n2)cc1.CC.CC.CCCC(C)C. The lowest BCUT2D eigenvalue weighted by Crippen LogP contribution is -2.06. The Kier molecular flexibility index (Phi) is 47.4. The number of nitrogens with one attached hydrogen (secondary N) is 2. The van der Waals surface area contributed by atoms with Crippen molar-refractivity contribution in [3.8, 4) is 0 Å². The zero-order valence-corrected chi connectivity index (χ0v) is 39.4. The van der Waals surface area contributed by atoms with Crippen LogP contribution < -0.4 is 27.8 Å². The Hall–Kier alpha value is -4.24. The maximum absolute atomic E-state index is 5.80. The minimum atomic E-state index is 0.0903. The summed E-state index contributed by atoms with van der Waals surface area (Å²) in [5.41, 5.74) is 19.6. The van der Waals surface area contributed by atoms with Gasteiger partial charge in [0.15, 0.2) is 17.0 Å². The lowest BCUT2D eigenvalue weighted by atomic mass is 10.0. The largest absolute Gasteiger partial charge is 0.405 e. The number of aromatic nitrogens is 4.